The number of benzene rings is 2. The first-order valence-electron chi connectivity index (χ1n) is 5.83. The fraction of sp³-hybridized carbons (Fsp3) is 0.133. The molecule has 2 nitrogen and oxygen atoms in total. The van der Waals surface area contributed by atoms with Crippen LogP contribution >= 0.6 is 23.2 Å². The Bertz CT molecular complexity index is 568. The summed E-state index contributed by atoms with van der Waals surface area (Å²) in [6.45, 7) is 0.311. The number of rotatable bonds is 5. The van der Waals surface area contributed by atoms with Gasteiger partial charge >= 0.3 is 0 Å². The van der Waals surface area contributed by atoms with Crippen molar-refractivity contribution in [2.75, 3.05) is 6.61 Å². The van der Waals surface area contributed by atoms with Crippen LogP contribution < -0.4 is 4.74 Å². The monoisotopic (exact) mass is 294 g/mol. The minimum atomic E-state index is 0.0562. The molecule has 2 aromatic rings. The van der Waals surface area contributed by atoms with E-state index >= 15 is 0 Å². The molecule has 2 aromatic carbocycles. The number of hydrogen-bond acceptors (Lipinski definition) is 2. The second-order valence-electron chi connectivity index (χ2n) is 3.96. The largest absolute Gasteiger partial charge is 0.493 e. The number of halogens is 2. The van der Waals surface area contributed by atoms with Crippen molar-refractivity contribution in [2.45, 2.75) is 6.42 Å². The molecule has 0 aliphatic rings. The van der Waals surface area contributed by atoms with Gasteiger partial charge in [-0.15, -0.1) is 0 Å². The van der Waals surface area contributed by atoms with Crippen LogP contribution in [0.2, 0.25) is 10.0 Å². The maximum Gasteiger partial charge on any atom is 0.166 e. The first kappa shape index (κ1) is 13.9. The molecule has 0 bridgehead atoms. The van der Waals surface area contributed by atoms with Crippen molar-refractivity contribution in [1.82, 2.24) is 0 Å². The van der Waals surface area contributed by atoms with Gasteiger partial charge in [-0.2, -0.15) is 0 Å². The summed E-state index contributed by atoms with van der Waals surface area (Å²) >= 11 is 11.7. The lowest BCUT2D eigenvalue weighted by molar-refractivity contribution is 0.0962. The molecule has 0 amide bonds. The van der Waals surface area contributed by atoms with Gasteiger partial charge in [0.25, 0.3) is 0 Å². The zero-order chi connectivity index (χ0) is 13.7. The molecule has 0 heterocycles. The topological polar surface area (TPSA) is 26.3 Å². The van der Waals surface area contributed by atoms with Gasteiger partial charge in [0.15, 0.2) is 5.78 Å². The molecule has 0 aliphatic carbocycles. The van der Waals surface area contributed by atoms with Crippen LogP contribution in [0.5, 0.6) is 5.75 Å². The van der Waals surface area contributed by atoms with Gasteiger partial charge in [0.05, 0.1) is 16.7 Å². The zero-order valence-corrected chi connectivity index (χ0v) is 11.6. The summed E-state index contributed by atoms with van der Waals surface area (Å²) in [5.41, 5.74) is 0.695. The minimum absolute atomic E-state index is 0.0562. The van der Waals surface area contributed by atoms with E-state index in [4.69, 9.17) is 27.9 Å². The Morgan fingerprint density at radius 1 is 1.00 bits per heavy atom. The van der Waals surface area contributed by atoms with Crippen molar-refractivity contribution in [3.8, 4) is 5.75 Å². The van der Waals surface area contributed by atoms with Crippen LogP contribution in [-0.4, -0.2) is 12.4 Å². The van der Waals surface area contributed by atoms with Crippen LogP contribution in [0.25, 0.3) is 0 Å². The molecule has 0 unspecified atom stereocenters. The van der Waals surface area contributed by atoms with E-state index in [9.17, 15) is 4.79 Å². The number of Topliss-reactive ketones (excluding diaryl/α,β-unsaturated/α-hetero) is 1. The van der Waals surface area contributed by atoms with Gasteiger partial charge < -0.3 is 4.74 Å². The number of ketones is 1. The molecule has 0 saturated carbocycles. The smallest absolute Gasteiger partial charge is 0.166 e. The van der Waals surface area contributed by atoms with Crippen molar-refractivity contribution in [2.24, 2.45) is 0 Å². The molecule has 2 rings (SSSR count). The number of ether oxygens (including phenoxy) is 1. The maximum atomic E-state index is 11.8. The van der Waals surface area contributed by atoms with Crippen LogP contribution in [0.4, 0.5) is 0 Å². The third-order valence-electron chi connectivity index (χ3n) is 2.58. The Balaban J connectivity index is 1.87. The van der Waals surface area contributed by atoms with Crippen LogP contribution in [0.15, 0.2) is 48.5 Å². The third kappa shape index (κ3) is 3.98. The van der Waals surface area contributed by atoms with Crippen molar-refractivity contribution in [3.63, 3.8) is 0 Å². The van der Waals surface area contributed by atoms with Gasteiger partial charge in [0, 0.05) is 18.1 Å². The molecule has 0 N–H and O–H groups in total. The first-order valence-corrected chi connectivity index (χ1v) is 6.58. The van der Waals surface area contributed by atoms with Crippen molar-refractivity contribution in [1.29, 1.82) is 0 Å². The van der Waals surface area contributed by atoms with E-state index in [-0.39, 0.29) is 5.78 Å². The molecule has 0 aliphatic heterocycles. The van der Waals surface area contributed by atoms with E-state index in [1.165, 1.54) is 0 Å². The fourth-order valence-electron chi connectivity index (χ4n) is 1.60. The Kier molecular flexibility index (Phi) is 4.83. The average Bonchev–Trinajstić information content (AvgIpc) is 2.43. The van der Waals surface area contributed by atoms with Gasteiger partial charge in [-0.05, 0) is 12.1 Å². The van der Waals surface area contributed by atoms with Gasteiger partial charge in [-0.25, -0.2) is 0 Å². The normalized spacial score (nSPS) is 10.2. The van der Waals surface area contributed by atoms with Crippen molar-refractivity contribution >= 4 is 29.0 Å². The highest BCUT2D eigenvalue weighted by Gasteiger charge is 2.06. The first-order chi connectivity index (χ1) is 9.16. The lowest BCUT2D eigenvalue weighted by Gasteiger charge is -2.06. The standard InChI is InChI=1S/C15H12Cl2O2/c16-13-7-6-12(10-14(13)17)19-9-8-15(18)11-4-2-1-3-5-11/h1-7,10H,8-9H2. The highest BCUT2D eigenvalue weighted by molar-refractivity contribution is 6.42. The average molecular weight is 295 g/mol. The molecular weight excluding hydrogens is 283 g/mol. The molecule has 0 atom stereocenters. The van der Waals surface area contributed by atoms with Crippen LogP contribution in [0, 0.1) is 0 Å². The van der Waals surface area contributed by atoms with E-state index in [1.54, 1.807) is 30.3 Å². The van der Waals surface area contributed by atoms with Crippen LogP contribution in [0.3, 0.4) is 0 Å². The Morgan fingerprint density at radius 3 is 2.42 bits per heavy atom. The Labute approximate surface area is 121 Å². The number of hydrogen-bond donors (Lipinski definition) is 0. The molecule has 0 fully saturated rings. The second kappa shape index (κ2) is 6.60. The highest BCUT2D eigenvalue weighted by Crippen LogP contribution is 2.26. The SMILES string of the molecule is O=C(CCOc1ccc(Cl)c(Cl)c1)c1ccccc1. The predicted molar refractivity (Wildman–Crippen MR) is 77.3 cm³/mol. The molecule has 0 aromatic heterocycles. The molecule has 98 valence electrons. The molecule has 0 radical (unpaired) electrons. The summed E-state index contributed by atoms with van der Waals surface area (Å²) < 4.78 is 5.47. The van der Waals surface area contributed by atoms with Crippen molar-refractivity contribution in [3.05, 3.63) is 64.1 Å². The summed E-state index contributed by atoms with van der Waals surface area (Å²) in [7, 11) is 0. The van der Waals surface area contributed by atoms with Gasteiger partial charge in [0.2, 0.25) is 0 Å². The van der Waals surface area contributed by atoms with Gasteiger partial charge in [-0.1, -0.05) is 53.5 Å². The van der Waals surface area contributed by atoms with Gasteiger partial charge in [-0.3, -0.25) is 4.79 Å². The van der Waals surface area contributed by atoms with Gasteiger partial charge in [0.1, 0.15) is 5.75 Å². The molecule has 19 heavy (non-hydrogen) atoms. The molecule has 4 heteroatoms. The zero-order valence-electron chi connectivity index (χ0n) is 10.1. The van der Waals surface area contributed by atoms with E-state index in [2.05, 4.69) is 0 Å². The maximum absolute atomic E-state index is 11.8. The van der Waals surface area contributed by atoms with E-state index in [0.29, 0.717) is 34.4 Å². The molecular formula is C15H12Cl2O2. The second-order valence-corrected chi connectivity index (χ2v) is 4.78. The van der Waals surface area contributed by atoms with Crippen LogP contribution in [0.1, 0.15) is 16.8 Å². The summed E-state index contributed by atoms with van der Waals surface area (Å²) in [5.74, 6) is 0.663. The fourth-order valence-corrected chi connectivity index (χ4v) is 1.88. The van der Waals surface area contributed by atoms with E-state index in [1.807, 2.05) is 18.2 Å². The Hall–Kier alpha value is -1.51. The number of carbonyl (C=O) groups excluding carboxylic acids is 1. The van der Waals surface area contributed by atoms with E-state index < -0.39 is 0 Å². The molecule has 0 spiro atoms. The quantitative estimate of drug-likeness (QED) is 0.751. The lowest BCUT2D eigenvalue weighted by atomic mass is 10.1. The van der Waals surface area contributed by atoms with E-state index in [0.717, 1.165) is 0 Å². The minimum Gasteiger partial charge on any atom is -0.493 e. The summed E-state index contributed by atoms with van der Waals surface area (Å²) in [6, 6.07) is 14.2. The van der Waals surface area contributed by atoms with Crippen LogP contribution in [-0.2, 0) is 0 Å². The molecule has 0 saturated heterocycles. The lowest BCUT2D eigenvalue weighted by Crippen LogP contribution is -2.06. The predicted octanol–water partition coefficient (Wildman–Crippen LogP) is 4.65. The summed E-state index contributed by atoms with van der Waals surface area (Å²) in [5, 5.41) is 0.919. The summed E-state index contributed by atoms with van der Waals surface area (Å²) in [6.07, 6.45) is 0.324. The van der Waals surface area contributed by atoms with Crippen molar-refractivity contribution < 1.29 is 9.53 Å². The Morgan fingerprint density at radius 2 is 1.74 bits per heavy atom. The third-order valence-corrected chi connectivity index (χ3v) is 3.32. The number of carbonyl (C=O) groups is 1. The summed E-state index contributed by atoms with van der Waals surface area (Å²) in [4.78, 5) is 11.8. The highest BCUT2D eigenvalue weighted by atomic mass is 35.5.